The number of ether oxygens (including phenoxy) is 2. The van der Waals surface area contributed by atoms with Crippen LogP contribution in [0, 0.1) is 0 Å². The van der Waals surface area contributed by atoms with Gasteiger partial charge in [-0.1, -0.05) is 0 Å². The Morgan fingerprint density at radius 2 is 2.00 bits per heavy atom. The van der Waals surface area contributed by atoms with Crippen molar-refractivity contribution in [1.29, 1.82) is 0 Å². The first-order valence-corrected chi connectivity index (χ1v) is 6.57. The van der Waals surface area contributed by atoms with Crippen LogP contribution in [-0.2, 0) is 6.54 Å². The van der Waals surface area contributed by atoms with Crippen LogP contribution in [0.5, 0.6) is 11.5 Å². The monoisotopic (exact) mass is 269 g/mol. The number of hydrogen-bond donors (Lipinski definition) is 1. The molecular formula is C15H24FNO2. The Morgan fingerprint density at radius 1 is 1.26 bits per heavy atom. The Bertz CT molecular complexity index is 388. The third-order valence-corrected chi connectivity index (χ3v) is 2.61. The molecule has 19 heavy (non-hydrogen) atoms. The van der Waals surface area contributed by atoms with E-state index in [1.165, 1.54) is 0 Å². The summed E-state index contributed by atoms with van der Waals surface area (Å²) in [6.07, 6.45) is 0.415. The van der Waals surface area contributed by atoms with Crippen molar-refractivity contribution >= 4 is 0 Å². The molecule has 108 valence electrons. The zero-order valence-corrected chi connectivity index (χ0v) is 12.3. The minimum absolute atomic E-state index is 0.0271. The van der Waals surface area contributed by atoms with Gasteiger partial charge in [-0.3, -0.25) is 4.39 Å². The van der Waals surface area contributed by atoms with Crippen LogP contribution in [0.2, 0.25) is 0 Å². The molecule has 0 unspecified atom stereocenters. The van der Waals surface area contributed by atoms with E-state index in [1.54, 1.807) is 7.11 Å². The Kier molecular flexibility index (Phi) is 6.09. The summed E-state index contributed by atoms with van der Waals surface area (Å²) < 4.78 is 22.9. The van der Waals surface area contributed by atoms with Crippen molar-refractivity contribution in [2.75, 3.05) is 20.4 Å². The SMILES string of the molecule is COc1ccc(OCCCF)c(CNC(C)(C)C)c1. The van der Waals surface area contributed by atoms with Crippen LogP contribution in [0.15, 0.2) is 18.2 Å². The Morgan fingerprint density at radius 3 is 2.58 bits per heavy atom. The molecule has 3 nitrogen and oxygen atoms in total. The molecule has 1 N–H and O–H groups in total. The number of rotatable bonds is 7. The second-order valence-corrected chi connectivity index (χ2v) is 5.47. The molecule has 1 rings (SSSR count). The van der Waals surface area contributed by atoms with Crippen LogP contribution in [0.1, 0.15) is 32.8 Å². The van der Waals surface area contributed by atoms with Crippen LogP contribution < -0.4 is 14.8 Å². The fraction of sp³-hybridized carbons (Fsp3) is 0.600. The second kappa shape index (κ2) is 7.34. The van der Waals surface area contributed by atoms with E-state index in [0.29, 0.717) is 19.6 Å². The summed E-state index contributed by atoms with van der Waals surface area (Å²) in [5, 5.41) is 3.41. The van der Waals surface area contributed by atoms with E-state index in [1.807, 2.05) is 18.2 Å². The highest BCUT2D eigenvalue weighted by atomic mass is 19.1. The van der Waals surface area contributed by atoms with Gasteiger partial charge in [0.2, 0.25) is 0 Å². The lowest BCUT2D eigenvalue weighted by molar-refractivity contribution is 0.284. The van der Waals surface area contributed by atoms with Crippen molar-refractivity contribution in [3.63, 3.8) is 0 Å². The maximum absolute atomic E-state index is 12.1. The average molecular weight is 269 g/mol. The standard InChI is InChI=1S/C15H24FNO2/c1-15(2,3)17-11-12-10-13(18-4)6-7-14(12)19-9-5-8-16/h6-7,10,17H,5,8-9,11H2,1-4H3. The van der Waals surface area contributed by atoms with E-state index in [0.717, 1.165) is 17.1 Å². The van der Waals surface area contributed by atoms with Gasteiger partial charge in [-0.05, 0) is 39.0 Å². The molecule has 0 saturated heterocycles. The predicted octanol–water partition coefficient (Wildman–Crippen LogP) is 3.32. The van der Waals surface area contributed by atoms with E-state index in [9.17, 15) is 4.39 Å². The highest BCUT2D eigenvalue weighted by Gasteiger charge is 2.12. The fourth-order valence-corrected chi connectivity index (χ4v) is 1.56. The first kappa shape index (κ1) is 15.8. The lowest BCUT2D eigenvalue weighted by Crippen LogP contribution is -2.35. The molecule has 0 aromatic heterocycles. The van der Waals surface area contributed by atoms with Gasteiger partial charge >= 0.3 is 0 Å². The summed E-state index contributed by atoms with van der Waals surface area (Å²) in [5.74, 6) is 1.58. The average Bonchev–Trinajstić information content (AvgIpc) is 2.36. The summed E-state index contributed by atoms with van der Waals surface area (Å²) in [4.78, 5) is 0. The normalized spacial score (nSPS) is 11.4. The van der Waals surface area contributed by atoms with E-state index in [2.05, 4.69) is 26.1 Å². The molecule has 0 spiro atoms. The van der Waals surface area contributed by atoms with Crippen molar-refractivity contribution in [1.82, 2.24) is 5.32 Å². The van der Waals surface area contributed by atoms with Crippen LogP contribution in [-0.4, -0.2) is 25.9 Å². The molecule has 0 atom stereocenters. The van der Waals surface area contributed by atoms with Gasteiger partial charge in [0.1, 0.15) is 11.5 Å². The molecule has 0 radical (unpaired) electrons. The minimum Gasteiger partial charge on any atom is -0.497 e. The number of benzene rings is 1. The van der Waals surface area contributed by atoms with Gasteiger partial charge in [0.25, 0.3) is 0 Å². The van der Waals surface area contributed by atoms with Crippen LogP contribution in [0.4, 0.5) is 4.39 Å². The van der Waals surface area contributed by atoms with Crippen molar-refractivity contribution in [3.8, 4) is 11.5 Å². The van der Waals surface area contributed by atoms with Gasteiger partial charge in [-0.15, -0.1) is 0 Å². The topological polar surface area (TPSA) is 30.5 Å². The van der Waals surface area contributed by atoms with Gasteiger partial charge in [-0.25, -0.2) is 0 Å². The third-order valence-electron chi connectivity index (χ3n) is 2.61. The molecular weight excluding hydrogens is 245 g/mol. The fourth-order valence-electron chi connectivity index (χ4n) is 1.56. The molecule has 4 heteroatoms. The smallest absolute Gasteiger partial charge is 0.124 e. The van der Waals surface area contributed by atoms with Crippen molar-refractivity contribution in [3.05, 3.63) is 23.8 Å². The number of alkyl halides is 1. The Labute approximate surface area is 115 Å². The van der Waals surface area contributed by atoms with Gasteiger partial charge in [0.05, 0.1) is 20.4 Å². The summed E-state index contributed by atoms with van der Waals surface area (Å²) in [5.41, 5.74) is 1.05. The van der Waals surface area contributed by atoms with Crippen molar-refractivity contribution in [2.24, 2.45) is 0 Å². The number of nitrogens with one attached hydrogen (secondary N) is 1. The molecule has 0 heterocycles. The summed E-state index contributed by atoms with van der Waals surface area (Å²) in [6, 6.07) is 5.67. The predicted molar refractivity (Wildman–Crippen MR) is 75.7 cm³/mol. The van der Waals surface area contributed by atoms with Crippen molar-refractivity contribution < 1.29 is 13.9 Å². The quantitative estimate of drug-likeness (QED) is 0.770. The van der Waals surface area contributed by atoms with E-state index < -0.39 is 0 Å². The van der Waals surface area contributed by atoms with Crippen molar-refractivity contribution in [2.45, 2.75) is 39.3 Å². The largest absolute Gasteiger partial charge is 0.497 e. The Hall–Kier alpha value is -1.29. The molecule has 1 aromatic carbocycles. The van der Waals surface area contributed by atoms with E-state index in [4.69, 9.17) is 9.47 Å². The summed E-state index contributed by atoms with van der Waals surface area (Å²) >= 11 is 0. The number of halogens is 1. The van der Waals surface area contributed by atoms with Gasteiger partial charge in [-0.2, -0.15) is 0 Å². The Balaban J connectivity index is 2.77. The van der Waals surface area contributed by atoms with Crippen LogP contribution in [0.25, 0.3) is 0 Å². The summed E-state index contributed by atoms with van der Waals surface area (Å²) in [7, 11) is 1.64. The molecule has 0 saturated carbocycles. The molecule has 0 bridgehead atoms. The molecule has 0 fully saturated rings. The van der Waals surface area contributed by atoms with Gasteiger partial charge in [0, 0.05) is 24.1 Å². The third kappa shape index (κ3) is 5.92. The molecule has 0 aliphatic carbocycles. The van der Waals surface area contributed by atoms with E-state index in [-0.39, 0.29) is 12.2 Å². The van der Waals surface area contributed by atoms with E-state index >= 15 is 0 Å². The first-order valence-electron chi connectivity index (χ1n) is 6.57. The minimum atomic E-state index is -0.355. The molecule has 1 aromatic rings. The number of hydrogen-bond acceptors (Lipinski definition) is 3. The van der Waals surface area contributed by atoms with Crippen LogP contribution >= 0.6 is 0 Å². The molecule has 0 aliphatic rings. The van der Waals surface area contributed by atoms with Gasteiger partial charge in [0.15, 0.2) is 0 Å². The zero-order chi connectivity index (χ0) is 14.3. The zero-order valence-electron chi connectivity index (χ0n) is 12.3. The molecule has 0 amide bonds. The highest BCUT2D eigenvalue weighted by molar-refractivity contribution is 5.40. The highest BCUT2D eigenvalue weighted by Crippen LogP contribution is 2.25. The number of methoxy groups -OCH3 is 1. The first-order chi connectivity index (χ1) is 8.96. The maximum Gasteiger partial charge on any atom is 0.124 e. The lowest BCUT2D eigenvalue weighted by Gasteiger charge is -2.22. The lowest BCUT2D eigenvalue weighted by atomic mass is 10.1. The maximum atomic E-state index is 12.1. The van der Waals surface area contributed by atoms with Crippen LogP contribution in [0.3, 0.4) is 0 Å². The molecule has 0 aliphatic heterocycles. The summed E-state index contributed by atoms with van der Waals surface area (Å²) in [6.45, 7) is 7.05. The van der Waals surface area contributed by atoms with Gasteiger partial charge < -0.3 is 14.8 Å². The second-order valence-electron chi connectivity index (χ2n) is 5.47.